The van der Waals surface area contributed by atoms with Crippen molar-refractivity contribution in [3.8, 4) is 12.3 Å². The summed E-state index contributed by atoms with van der Waals surface area (Å²) in [5.74, 6) is 1.62. The third-order valence-electron chi connectivity index (χ3n) is 2.61. The fourth-order valence-electron chi connectivity index (χ4n) is 1.93. The van der Waals surface area contributed by atoms with Gasteiger partial charge in [-0.1, -0.05) is 5.92 Å². The van der Waals surface area contributed by atoms with Crippen molar-refractivity contribution in [2.45, 2.75) is 31.3 Å². The number of amides is 2. The third kappa shape index (κ3) is 2.70. The summed E-state index contributed by atoms with van der Waals surface area (Å²) in [7, 11) is 0. The van der Waals surface area contributed by atoms with Crippen LogP contribution in [0.15, 0.2) is 0 Å². The molecule has 5 heteroatoms. The van der Waals surface area contributed by atoms with Crippen molar-refractivity contribution < 1.29 is 9.59 Å². The summed E-state index contributed by atoms with van der Waals surface area (Å²) in [5.41, 5.74) is 10.3. The Morgan fingerprint density at radius 2 is 2.20 bits per heavy atom. The molecule has 1 rings (SSSR count). The maximum Gasteiger partial charge on any atom is 0.234 e. The molecular formula is C10H15N3O2. The molecule has 0 aliphatic carbocycles. The first-order chi connectivity index (χ1) is 7.06. The second-order valence-corrected chi connectivity index (χ2v) is 3.65. The highest BCUT2D eigenvalue weighted by Crippen LogP contribution is 2.20. The van der Waals surface area contributed by atoms with Gasteiger partial charge < -0.3 is 11.5 Å². The zero-order valence-electron chi connectivity index (χ0n) is 8.48. The summed E-state index contributed by atoms with van der Waals surface area (Å²) in [5, 5.41) is 0. The van der Waals surface area contributed by atoms with Crippen LogP contribution < -0.4 is 11.5 Å². The molecule has 82 valence electrons. The maximum atomic E-state index is 11.1. The van der Waals surface area contributed by atoms with Crippen LogP contribution in [0.4, 0.5) is 0 Å². The fourth-order valence-corrected chi connectivity index (χ4v) is 1.93. The molecule has 0 bridgehead atoms. The molecule has 0 radical (unpaired) electrons. The van der Waals surface area contributed by atoms with E-state index in [1.54, 1.807) is 4.90 Å². The van der Waals surface area contributed by atoms with Crippen molar-refractivity contribution in [2.24, 2.45) is 11.5 Å². The molecular weight excluding hydrogens is 194 g/mol. The van der Waals surface area contributed by atoms with Gasteiger partial charge in [0.2, 0.25) is 11.8 Å². The molecule has 1 unspecified atom stereocenters. The van der Waals surface area contributed by atoms with Gasteiger partial charge in [-0.15, -0.1) is 6.42 Å². The van der Waals surface area contributed by atoms with Crippen molar-refractivity contribution in [3.05, 3.63) is 0 Å². The summed E-state index contributed by atoms with van der Waals surface area (Å²) in [6.45, 7) is 0.690. The predicted octanol–water partition coefficient (Wildman–Crippen LogP) is -1.19. The number of nitrogens with two attached hydrogens (primary N) is 2. The molecule has 0 aromatic carbocycles. The van der Waals surface area contributed by atoms with Gasteiger partial charge in [0.25, 0.3) is 0 Å². The molecule has 0 saturated carbocycles. The lowest BCUT2D eigenvalue weighted by Crippen LogP contribution is -2.46. The van der Waals surface area contributed by atoms with Crippen molar-refractivity contribution in [1.82, 2.24) is 4.90 Å². The Bertz CT molecular complexity index is 308. The fraction of sp³-hybridized carbons (Fsp3) is 0.600. The van der Waals surface area contributed by atoms with E-state index in [0.717, 1.165) is 6.42 Å². The SMILES string of the molecule is C#C[C@H](CC(N)=O)N1CCCC1C(N)=O. The first kappa shape index (κ1) is 11.5. The van der Waals surface area contributed by atoms with E-state index in [4.69, 9.17) is 17.9 Å². The number of terminal acetylenes is 1. The van der Waals surface area contributed by atoms with Crippen molar-refractivity contribution in [3.63, 3.8) is 0 Å². The quantitative estimate of drug-likeness (QED) is 0.571. The molecule has 2 amide bonds. The van der Waals surface area contributed by atoms with E-state index in [1.807, 2.05) is 0 Å². The van der Waals surface area contributed by atoms with E-state index < -0.39 is 17.9 Å². The van der Waals surface area contributed by atoms with Crippen LogP contribution in [0, 0.1) is 12.3 Å². The van der Waals surface area contributed by atoms with Gasteiger partial charge in [0.1, 0.15) is 0 Å². The lowest BCUT2D eigenvalue weighted by molar-refractivity contribution is -0.124. The van der Waals surface area contributed by atoms with Gasteiger partial charge in [-0.25, -0.2) is 0 Å². The minimum absolute atomic E-state index is 0.0697. The number of carbonyl (C=O) groups is 2. The topological polar surface area (TPSA) is 89.4 Å². The molecule has 0 spiro atoms. The molecule has 15 heavy (non-hydrogen) atoms. The number of rotatable bonds is 4. The number of nitrogens with zero attached hydrogens (tertiary/aromatic N) is 1. The minimum atomic E-state index is -0.465. The van der Waals surface area contributed by atoms with E-state index in [2.05, 4.69) is 5.92 Å². The second kappa shape index (κ2) is 4.80. The highest BCUT2D eigenvalue weighted by molar-refractivity contribution is 5.80. The Morgan fingerprint density at radius 3 is 2.67 bits per heavy atom. The number of hydrogen-bond acceptors (Lipinski definition) is 3. The molecule has 0 aromatic rings. The third-order valence-corrected chi connectivity index (χ3v) is 2.61. The number of hydrogen-bond donors (Lipinski definition) is 2. The van der Waals surface area contributed by atoms with Crippen LogP contribution in [-0.2, 0) is 9.59 Å². The van der Waals surface area contributed by atoms with Gasteiger partial charge in [-0.05, 0) is 12.8 Å². The highest BCUT2D eigenvalue weighted by Gasteiger charge is 2.33. The zero-order valence-corrected chi connectivity index (χ0v) is 8.48. The Balaban J connectivity index is 2.71. The van der Waals surface area contributed by atoms with Gasteiger partial charge in [0.15, 0.2) is 0 Å². The molecule has 2 atom stereocenters. The van der Waals surface area contributed by atoms with Gasteiger partial charge in [-0.2, -0.15) is 0 Å². The van der Waals surface area contributed by atoms with Crippen molar-refractivity contribution in [1.29, 1.82) is 0 Å². The molecule has 1 saturated heterocycles. The van der Waals surface area contributed by atoms with E-state index in [-0.39, 0.29) is 12.5 Å². The monoisotopic (exact) mass is 209 g/mol. The van der Waals surface area contributed by atoms with Crippen molar-refractivity contribution in [2.75, 3.05) is 6.54 Å². The largest absolute Gasteiger partial charge is 0.370 e. The van der Waals surface area contributed by atoms with E-state index in [9.17, 15) is 9.59 Å². The summed E-state index contributed by atoms with van der Waals surface area (Å²) in [4.78, 5) is 23.7. The van der Waals surface area contributed by atoms with Gasteiger partial charge in [0.05, 0.1) is 18.5 Å². The van der Waals surface area contributed by atoms with E-state index >= 15 is 0 Å². The summed E-state index contributed by atoms with van der Waals surface area (Å²) in [6.07, 6.45) is 6.95. The Morgan fingerprint density at radius 1 is 1.53 bits per heavy atom. The summed E-state index contributed by atoms with van der Waals surface area (Å²) < 4.78 is 0. The first-order valence-corrected chi connectivity index (χ1v) is 4.85. The molecule has 1 aliphatic rings. The average Bonchev–Trinajstić information content (AvgIpc) is 2.62. The maximum absolute atomic E-state index is 11.1. The number of likely N-dealkylation sites (tertiary alicyclic amines) is 1. The van der Waals surface area contributed by atoms with E-state index in [1.165, 1.54) is 0 Å². The van der Waals surface area contributed by atoms with Crippen LogP contribution in [0.5, 0.6) is 0 Å². The van der Waals surface area contributed by atoms with Crippen LogP contribution in [0.2, 0.25) is 0 Å². The molecule has 0 aromatic heterocycles. The minimum Gasteiger partial charge on any atom is -0.370 e. The Hall–Kier alpha value is -1.54. The smallest absolute Gasteiger partial charge is 0.234 e. The summed E-state index contributed by atoms with van der Waals surface area (Å²) in [6, 6.07) is -0.770. The van der Waals surface area contributed by atoms with Gasteiger partial charge in [0, 0.05) is 6.54 Å². The lowest BCUT2D eigenvalue weighted by atomic mass is 10.1. The van der Waals surface area contributed by atoms with Crippen molar-refractivity contribution >= 4 is 11.8 Å². The van der Waals surface area contributed by atoms with Gasteiger partial charge >= 0.3 is 0 Å². The van der Waals surface area contributed by atoms with Crippen LogP contribution in [0.1, 0.15) is 19.3 Å². The van der Waals surface area contributed by atoms with Crippen LogP contribution >= 0.6 is 0 Å². The molecule has 1 heterocycles. The Labute approximate surface area is 88.8 Å². The first-order valence-electron chi connectivity index (χ1n) is 4.85. The van der Waals surface area contributed by atoms with Crippen LogP contribution in [0.3, 0.4) is 0 Å². The number of carbonyl (C=O) groups excluding carboxylic acids is 2. The molecule has 4 N–H and O–H groups in total. The number of primary amides is 2. The lowest BCUT2D eigenvalue weighted by Gasteiger charge is -2.26. The van der Waals surface area contributed by atoms with E-state index in [0.29, 0.717) is 13.0 Å². The molecule has 1 aliphatic heterocycles. The standard InChI is InChI=1S/C10H15N3O2/c1-2-7(6-9(11)14)13-5-3-4-8(13)10(12)15/h1,7-8H,3-6H2,(H2,11,14)(H2,12,15)/t7-,8?/m1/s1. The van der Waals surface area contributed by atoms with Crippen LogP contribution in [-0.4, -0.2) is 35.3 Å². The summed E-state index contributed by atoms with van der Waals surface area (Å²) >= 11 is 0. The van der Waals surface area contributed by atoms with Gasteiger partial charge in [-0.3, -0.25) is 14.5 Å². The normalized spacial score (nSPS) is 23.3. The average molecular weight is 209 g/mol. The molecule has 5 nitrogen and oxygen atoms in total. The zero-order chi connectivity index (χ0) is 11.4. The van der Waals surface area contributed by atoms with Crippen LogP contribution in [0.25, 0.3) is 0 Å². The second-order valence-electron chi connectivity index (χ2n) is 3.65. The Kier molecular flexibility index (Phi) is 3.69. The molecule has 1 fully saturated rings. The predicted molar refractivity (Wildman–Crippen MR) is 55.4 cm³/mol. The highest BCUT2D eigenvalue weighted by atomic mass is 16.1.